The Hall–Kier alpha value is -1.71. The maximum atomic E-state index is 11.6. The molecule has 0 radical (unpaired) electrons. The van der Waals surface area contributed by atoms with Crippen molar-refractivity contribution in [2.75, 3.05) is 31.3 Å². The van der Waals surface area contributed by atoms with Gasteiger partial charge in [0, 0.05) is 26.2 Å². The second-order valence-corrected chi connectivity index (χ2v) is 4.48. The standard InChI is InChI=1S/C14H23N3O/c1-4-5-6-9-17(3)13-10-11(14(18)16-2)7-8-12(13)15/h7-8,10H,4-6,9,15H2,1-3H3,(H,16,18). The van der Waals surface area contributed by atoms with Crippen LogP contribution in [-0.2, 0) is 0 Å². The van der Waals surface area contributed by atoms with Gasteiger partial charge in [0.2, 0.25) is 0 Å². The van der Waals surface area contributed by atoms with E-state index in [1.165, 1.54) is 12.8 Å². The minimum Gasteiger partial charge on any atom is -0.397 e. The monoisotopic (exact) mass is 249 g/mol. The van der Waals surface area contributed by atoms with Crippen molar-refractivity contribution in [3.8, 4) is 0 Å². The molecule has 0 spiro atoms. The molecule has 0 unspecified atom stereocenters. The topological polar surface area (TPSA) is 58.4 Å². The van der Waals surface area contributed by atoms with E-state index in [2.05, 4.69) is 17.1 Å². The molecule has 4 heteroatoms. The maximum Gasteiger partial charge on any atom is 0.251 e. The van der Waals surface area contributed by atoms with Gasteiger partial charge in [-0.05, 0) is 24.6 Å². The summed E-state index contributed by atoms with van der Waals surface area (Å²) >= 11 is 0. The van der Waals surface area contributed by atoms with E-state index in [4.69, 9.17) is 5.73 Å². The van der Waals surface area contributed by atoms with Gasteiger partial charge in [-0.1, -0.05) is 19.8 Å². The molecule has 0 fully saturated rings. The predicted molar refractivity (Wildman–Crippen MR) is 77.0 cm³/mol. The molecule has 0 atom stereocenters. The van der Waals surface area contributed by atoms with Gasteiger partial charge in [0.05, 0.1) is 11.4 Å². The number of hydrogen-bond acceptors (Lipinski definition) is 3. The number of nitrogens with zero attached hydrogens (tertiary/aromatic N) is 1. The van der Waals surface area contributed by atoms with E-state index in [0.717, 1.165) is 18.7 Å². The summed E-state index contributed by atoms with van der Waals surface area (Å²) in [4.78, 5) is 13.7. The van der Waals surface area contributed by atoms with Gasteiger partial charge in [-0.15, -0.1) is 0 Å². The van der Waals surface area contributed by atoms with Gasteiger partial charge >= 0.3 is 0 Å². The summed E-state index contributed by atoms with van der Waals surface area (Å²) in [6.45, 7) is 3.13. The SMILES string of the molecule is CCCCCN(C)c1cc(C(=O)NC)ccc1N. The van der Waals surface area contributed by atoms with Gasteiger partial charge < -0.3 is 16.0 Å². The number of unbranched alkanes of at least 4 members (excludes halogenated alkanes) is 2. The number of nitrogens with one attached hydrogen (secondary N) is 1. The van der Waals surface area contributed by atoms with Crippen molar-refractivity contribution in [1.29, 1.82) is 0 Å². The summed E-state index contributed by atoms with van der Waals surface area (Å²) in [5, 5.41) is 2.62. The average Bonchev–Trinajstić information content (AvgIpc) is 2.38. The molecule has 0 bridgehead atoms. The first-order chi connectivity index (χ1) is 8.60. The van der Waals surface area contributed by atoms with Gasteiger partial charge in [0.25, 0.3) is 5.91 Å². The Morgan fingerprint density at radius 3 is 2.72 bits per heavy atom. The van der Waals surface area contributed by atoms with Gasteiger partial charge in [-0.2, -0.15) is 0 Å². The number of amides is 1. The van der Waals surface area contributed by atoms with Crippen molar-refractivity contribution in [2.45, 2.75) is 26.2 Å². The maximum absolute atomic E-state index is 11.6. The van der Waals surface area contributed by atoms with Crippen LogP contribution in [0.15, 0.2) is 18.2 Å². The summed E-state index contributed by atoms with van der Waals surface area (Å²) in [7, 11) is 3.64. The predicted octanol–water partition coefficient (Wildman–Crippen LogP) is 2.25. The van der Waals surface area contributed by atoms with E-state index in [1.54, 1.807) is 19.2 Å². The van der Waals surface area contributed by atoms with Crippen LogP contribution >= 0.6 is 0 Å². The van der Waals surface area contributed by atoms with Crippen LogP contribution in [0.4, 0.5) is 11.4 Å². The lowest BCUT2D eigenvalue weighted by molar-refractivity contribution is 0.0963. The zero-order valence-corrected chi connectivity index (χ0v) is 11.5. The van der Waals surface area contributed by atoms with Crippen LogP contribution in [0.25, 0.3) is 0 Å². The highest BCUT2D eigenvalue weighted by molar-refractivity contribution is 5.96. The third-order valence-corrected chi connectivity index (χ3v) is 3.03. The van der Waals surface area contributed by atoms with Crippen molar-refractivity contribution >= 4 is 17.3 Å². The fourth-order valence-corrected chi connectivity index (χ4v) is 1.88. The number of carbonyl (C=O) groups excluding carboxylic acids is 1. The molecule has 0 aliphatic heterocycles. The number of nitrogens with two attached hydrogens (primary N) is 1. The molecule has 1 aromatic rings. The first kappa shape index (κ1) is 14.4. The van der Waals surface area contributed by atoms with Crippen molar-refractivity contribution in [2.24, 2.45) is 0 Å². The fraction of sp³-hybridized carbons (Fsp3) is 0.500. The lowest BCUT2D eigenvalue weighted by Crippen LogP contribution is -2.22. The summed E-state index contributed by atoms with van der Waals surface area (Å²) in [5.41, 5.74) is 8.24. The molecule has 1 rings (SSSR count). The smallest absolute Gasteiger partial charge is 0.251 e. The van der Waals surface area contributed by atoms with Gasteiger partial charge in [-0.3, -0.25) is 4.79 Å². The van der Waals surface area contributed by atoms with Crippen LogP contribution in [0.2, 0.25) is 0 Å². The van der Waals surface area contributed by atoms with Crippen LogP contribution in [0.3, 0.4) is 0 Å². The highest BCUT2D eigenvalue weighted by atomic mass is 16.1. The zero-order chi connectivity index (χ0) is 13.5. The molecular formula is C14H23N3O. The van der Waals surface area contributed by atoms with Crippen molar-refractivity contribution in [1.82, 2.24) is 5.32 Å². The van der Waals surface area contributed by atoms with E-state index < -0.39 is 0 Å². The molecule has 0 aliphatic rings. The average molecular weight is 249 g/mol. The molecule has 1 aromatic carbocycles. The number of anilines is 2. The third-order valence-electron chi connectivity index (χ3n) is 3.03. The summed E-state index contributed by atoms with van der Waals surface area (Å²) in [6, 6.07) is 5.38. The third kappa shape index (κ3) is 3.65. The van der Waals surface area contributed by atoms with Crippen LogP contribution < -0.4 is 16.0 Å². The Morgan fingerprint density at radius 2 is 2.11 bits per heavy atom. The second kappa shape index (κ2) is 6.89. The Kier molecular flexibility index (Phi) is 5.49. The number of carbonyl (C=O) groups is 1. The van der Waals surface area contributed by atoms with Crippen LogP contribution in [-0.4, -0.2) is 26.5 Å². The molecule has 0 aromatic heterocycles. The number of nitrogen functional groups attached to an aromatic ring is 1. The quantitative estimate of drug-likeness (QED) is 0.600. The zero-order valence-electron chi connectivity index (χ0n) is 11.5. The lowest BCUT2D eigenvalue weighted by Gasteiger charge is -2.21. The summed E-state index contributed by atoms with van der Waals surface area (Å²) < 4.78 is 0. The molecule has 0 heterocycles. The number of hydrogen-bond donors (Lipinski definition) is 2. The largest absolute Gasteiger partial charge is 0.397 e. The first-order valence-electron chi connectivity index (χ1n) is 6.42. The first-order valence-corrected chi connectivity index (χ1v) is 6.42. The van der Waals surface area contributed by atoms with Crippen LogP contribution in [0, 0.1) is 0 Å². The normalized spacial score (nSPS) is 10.2. The van der Waals surface area contributed by atoms with Crippen LogP contribution in [0.5, 0.6) is 0 Å². The molecule has 4 nitrogen and oxygen atoms in total. The van der Waals surface area contributed by atoms with Crippen molar-refractivity contribution in [3.05, 3.63) is 23.8 Å². The molecule has 3 N–H and O–H groups in total. The lowest BCUT2D eigenvalue weighted by atomic mass is 10.1. The highest BCUT2D eigenvalue weighted by Gasteiger charge is 2.09. The molecule has 18 heavy (non-hydrogen) atoms. The van der Waals surface area contributed by atoms with E-state index >= 15 is 0 Å². The van der Waals surface area contributed by atoms with Gasteiger partial charge in [-0.25, -0.2) is 0 Å². The Bertz CT molecular complexity index is 404. The van der Waals surface area contributed by atoms with E-state index in [9.17, 15) is 4.79 Å². The summed E-state index contributed by atoms with van der Waals surface area (Å²) in [5.74, 6) is -0.0850. The van der Waals surface area contributed by atoms with Gasteiger partial charge in [0.15, 0.2) is 0 Å². The molecule has 0 saturated carbocycles. The molecule has 0 saturated heterocycles. The molecule has 100 valence electrons. The summed E-state index contributed by atoms with van der Waals surface area (Å²) in [6.07, 6.45) is 3.54. The minimum atomic E-state index is -0.0850. The molecule has 0 aliphatic carbocycles. The fourth-order valence-electron chi connectivity index (χ4n) is 1.88. The number of rotatable bonds is 6. The van der Waals surface area contributed by atoms with Crippen molar-refractivity contribution < 1.29 is 4.79 Å². The minimum absolute atomic E-state index is 0.0850. The van der Waals surface area contributed by atoms with E-state index in [0.29, 0.717) is 11.3 Å². The Labute approximate surface area is 109 Å². The van der Waals surface area contributed by atoms with Crippen LogP contribution in [0.1, 0.15) is 36.5 Å². The number of benzene rings is 1. The highest BCUT2D eigenvalue weighted by Crippen LogP contribution is 2.24. The van der Waals surface area contributed by atoms with E-state index in [-0.39, 0.29) is 5.91 Å². The van der Waals surface area contributed by atoms with Crippen molar-refractivity contribution in [3.63, 3.8) is 0 Å². The van der Waals surface area contributed by atoms with E-state index in [1.807, 2.05) is 13.1 Å². The Balaban J connectivity index is 2.82. The van der Waals surface area contributed by atoms with Gasteiger partial charge in [0.1, 0.15) is 0 Å². The Morgan fingerprint density at radius 1 is 1.39 bits per heavy atom. The second-order valence-electron chi connectivity index (χ2n) is 4.48. The molecular weight excluding hydrogens is 226 g/mol. The molecule has 1 amide bonds.